The van der Waals surface area contributed by atoms with Crippen LogP contribution in [0, 0.1) is 0 Å². The summed E-state index contributed by atoms with van der Waals surface area (Å²) in [6, 6.07) is 11.3. The molecule has 2 saturated heterocycles. The second-order valence-electron chi connectivity index (χ2n) is 9.36. The van der Waals surface area contributed by atoms with Crippen molar-refractivity contribution in [1.29, 1.82) is 0 Å². The van der Waals surface area contributed by atoms with Gasteiger partial charge in [0.25, 0.3) is 0 Å². The zero-order valence-corrected chi connectivity index (χ0v) is 18.4. The van der Waals surface area contributed by atoms with Gasteiger partial charge in [0.2, 0.25) is 0 Å². The van der Waals surface area contributed by atoms with E-state index in [9.17, 15) is 5.11 Å². The number of aromatic hydroxyl groups is 1. The summed E-state index contributed by atoms with van der Waals surface area (Å²) < 4.78 is 15.4. The van der Waals surface area contributed by atoms with Crippen LogP contribution in [0.4, 0.5) is 10.2 Å². The van der Waals surface area contributed by atoms with Crippen molar-refractivity contribution in [3.05, 3.63) is 48.2 Å². The maximum absolute atomic E-state index is 15.4. The first-order chi connectivity index (χ1) is 16.2. The van der Waals surface area contributed by atoms with Crippen molar-refractivity contribution in [2.45, 2.75) is 62.8 Å². The van der Waals surface area contributed by atoms with Crippen molar-refractivity contribution in [3.8, 4) is 28.3 Å². The molecule has 3 aliphatic heterocycles. The fourth-order valence-corrected chi connectivity index (χ4v) is 5.69. The number of halogens is 1. The number of piperidine rings is 2. The van der Waals surface area contributed by atoms with Gasteiger partial charge in [-0.1, -0.05) is 12.5 Å². The minimum absolute atomic E-state index is 0.0510. The number of anilines is 1. The van der Waals surface area contributed by atoms with Crippen LogP contribution in [-0.4, -0.2) is 56.3 Å². The van der Waals surface area contributed by atoms with Gasteiger partial charge < -0.3 is 15.3 Å². The molecule has 3 aromatic rings. The first-order valence-corrected chi connectivity index (χ1v) is 11.8. The molecule has 170 valence electrons. The van der Waals surface area contributed by atoms with Gasteiger partial charge in [-0.15, -0.1) is 10.2 Å². The lowest BCUT2D eigenvalue weighted by atomic mass is 9.81. The summed E-state index contributed by atoms with van der Waals surface area (Å²) in [5.41, 5.74) is 3.79. The average Bonchev–Trinajstić information content (AvgIpc) is 2.86. The Labute approximate surface area is 192 Å². The third kappa shape index (κ3) is 3.72. The Balaban J connectivity index is 1.30. The molecule has 5 heterocycles. The van der Waals surface area contributed by atoms with E-state index in [2.05, 4.69) is 30.6 Å². The molecule has 8 heteroatoms. The van der Waals surface area contributed by atoms with Crippen LogP contribution in [-0.2, 0) is 6.42 Å². The Morgan fingerprint density at radius 3 is 2.82 bits per heavy atom. The largest absolute Gasteiger partial charge is 0.507 e. The van der Waals surface area contributed by atoms with Gasteiger partial charge in [0.05, 0.1) is 17.4 Å². The van der Waals surface area contributed by atoms with Gasteiger partial charge in [-0.25, -0.2) is 4.39 Å². The molecule has 2 fully saturated rings. The van der Waals surface area contributed by atoms with E-state index in [0.29, 0.717) is 23.0 Å². The van der Waals surface area contributed by atoms with Gasteiger partial charge in [-0.2, -0.15) is 10.2 Å². The summed E-state index contributed by atoms with van der Waals surface area (Å²) in [6.45, 7) is 0.809. The first kappa shape index (κ1) is 20.5. The summed E-state index contributed by atoms with van der Waals surface area (Å²) >= 11 is 0. The van der Waals surface area contributed by atoms with E-state index in [0.717, 1.165) is 62.0 Å². The number of alkyl halides is 1. The third-order valence-electron chi connectivity index (χ3n) is 7.31. The molecule has 0 unspecified atom stereocenters. The minimum Gasteiger partial charge on any atom is -0.507 e. The smallest absolute Gasteiger partial charge is 0.154 e. The van der Waals surface area contributed by atoms with E-state index in [1.807, 2.05) is 30.3 Å². The number of aromatic nitrogens is 4. The number of fused-ring (bicyclic) bond motifs is 3. The third-order valence-corrected chi connectivity index (χ3v) is 7.31. The first-order valence-electron chi connectivity index (χ1n) is 11.8. The van der Waals surface area contributed by atoms with Crippen LogP contribution in [0.5, 0.6) is 5.75 Å². The van der Waals surface area contributed by atoms with Gasteiger partial charge >= 0.3 is 0 Å². The van der Waals surface area contributed by atoms with E-state index in [1.165, 1.54) is 0 Å². The van der Waals surface area contributed by atoms with Crippen molar-refractivity contribution in [1.82, 2.24) is 25.7 Å². The van der Waals surface area contributed by atoms with Gasteiger partial charge in [-0.3, -0.25) is 0 Å². The second-order valence-corrected chi connectivity index (χ2v) is 9.36. The van der Waals surface area contributed by atoms with Crippen molar-refractivity contribution >= 4 is 5.82 Å². The fraction of sp³-hybridized carbons (Fsp3) is 0.440. The quantitative estimate of drug-likeness (QED) is 0.635. The Morgan fingerprint density at radius 1 is 1.03 bits per heavy atom. The van der Waals surface area contributed by atoms with Crippen LogP contribution in [0.1, 0.15) is 37.7 Å². The number of nitrogens with one attached hydrogen (secondary N) is 1. The number of rotatable bonds is 3. The molecule has 6 rings (SSSR count). The standard InChI is InChI=1S/C25H27FN6O/c26-24-20-6-1-5-17(28-20)14-22(24)32-11-3-4-16-12-21(30-31-25(16)32)18-9-8-15(13-23(18)33)19-7-2-10-27-29-19/h2,7-10,12-13,17,20,22,24,28,33H,1,3-6,11,14H2/t17-,20+,22-,24+/m1/s1. The Kier molecular flexibility index (Phi) is 5.17. The highest BCUT2D eigenvalue weighted by Gasteiger charge is 2.43. The van der Waals surface area contributed by atoms with Crippen molar-refractivity contribution in [2.24, 2.45) is 0 Å². The molecule has 0 spiro atoms. The number of benzene rings is 1. The number of nitrogens with zero attached hydrogens (tertiary/aromatic N) is 5. The zero-order valence-electron chi connectivity index (χ0n) is 18.4. The number of phenolic OH excluding ortho intramolecular Hbond substituents is 1. The van der Waals surface area contributed by atoms with Crippen LogP contribution in [0.3, 0.4) is 0 Å². The Hall–Kier alpha value is -3.13. The summed E-state index contributed by atoms with van der Waals surface area (Å²) in [7, 11) is 0. The van der Waals surface area contributed by atoms with Crippen LogP contribution >= 0.6 is 0 Å². The zero-order chi connectivity index (χ0) is 22.4. The molecular formula is C25H27FN6O. The van der Waals surface area contributed by atoms with E-state index in [-0.39, 0.29) is 17.8 Å². The molecular weight excluding hydrogens is 419 g/mol. The van der Waals surface area contributed by atoms with Crippen LogP contribution < -0.4 is 10.2 Å². The molecule has 0 saturated carbocycles. The number of aryl methyl sites for hydroxylation is 1. The lowest BCUT2D eigenvalue weighted by Gasteiger charge is -2.48. The van der Waals surface area contributed by atoms with E-state index >= 15 is 4.39 Å². The highest BCUT2D eigenvalue weighted by Crippen LogP contribution is 2.38. The SMILES string of the molecule is Oc1cc(-c2cccnn2)ccc1-c1cc2c(nn1)N([C@@H]1C[C@H]3CCC[C@H](N3)[C@@H]1F)CCC2. The van der Waals surface area contributed by atoms with Gasteiger partial charge in [0.15, 0.2) is 5.82 Å². The molecule has 0 radical (unpaired) electrons. The lowest BCUT2D eigenvalue weighted by Crippen LogP contribution is -2.62. The van der Waals surface area contributed by atoms with Crippen LogP contribution in [0.25, 0.3) is 22.5 Å². The lowest BCUT2D eigenvalue weighted by molar-refractivity contribution is 0.104. The van der Waals surface area contributed by atoms with Crippen molar-refractivity contribution < 1.29 is 9.50 Å². The summed E-state index contributed by atoms with van der Waals surface area (Å²) in [4.78, 5) is 2.16. The highest BCUT2D eigenvalue weighted by atomic mass is 19.1. The topological polar surface area (TPSA) is 87.1 Å². The fourth-order valence-electron chi connectivity index (χ4n) is 5.69. The molecule has 33 heavy (non-hydrogen) atoms. The molecule has 1 aromatic carbocycles. The van der Waals surface area contributed by atoms with Gasteiger partial charge in [-0.05, 0) is 68.0 Å². The molecule has 0 aliphatic carbocycles. The van der Waals surface area contributed by atoms with Crippen LogP contribution in [0.2, 0.25) is 0 Å². The van der Waals surface area contributed by atoms with Crippen molar-refractivity contribution in [2.75, 3.05) is 11.4 Å². The van der Waals surface area contributed by atoms with E-state index in [1.54, 1.807) is 12.3 Å². The molecule has 2 aromatic heterocycles. The summed E-state index contributed by atoms with van der Waals surface area (Å²) in [5, 5.41) is 31.2. The summed E-state index contributed by atoms with van der Waals surface area (Å²) in [6.07, 6.45) is 6.50. The number of hydrogen-bond acceptors (Lipinski definition) is 7. The monoisotopic (exact) mass is 446 g/mol. The molecule has 2 bridgehead atoms. The predicted molar refractivity (Wildman–Crippen MR) is 124 cm³/mol. The van der Waals surface area contributed by atoms with Gasteiger partial charge in [0.1, 0.15) is 11.9 Å². The molecule has 4 atom stereocenters. The second kappa shape index (κ2) is 8.33. The normalized spacial score (nSPS) is 26.6. The maximum Gasteiger partial charge on any atom is 0.154 e. The number of hydrogen-bond donors (Lipinski definition) is 2. The summed E-state index contributed by atoms with van der Waals surface area (Å²) in [5.74, 6) is 0.920. The Morgan fingerprint density at radius 2 is 1.97 bits per heavy atom. The van der Waals surface area contributed by atoms with Gasteiger partial charge in [0, 0.05) is 36.0 Å². The number of phenols is 1. The Bertz CT molecular complexity index is 1160. The maximum atomic E-state index is 15.4. The molecule has 3 aliphatic rings. The van der Waals surface area contributed by atoms with Crippen molar-refractivity contribution in [3.63, 3.8) is 0 Å². The van der Waals surface area contributed by atoms with Crippen LogP contribution in [0.15, 0.2) is 42.6 Å². The predicted octanol–water partition coefficient (Wildman–Crippen LogP) is 3.68. The average molecular weight is 447 g/mol. The molecule has 7 nitrogen and oxygen atoms in total. The van der Waals surface area contributed by atoms with E-state index < -0.39 is 6.17 Å². The minimum atomic E-state index is -0.897. The highest BCUT2D eigenvalue weighted by molar-refractivity contribution is 5.73. The molecule has 2 N–H and O–H groups in total. The van der Waals surface area contributed by atoms with E-state index in [4.69, 9.17) is 0 Å². The molecule has 0 amide bonds.